The van der Waals surface area contributed by atoms with Gasteiger partial charge in [-0.05, 0) is 19.1 Å². The van der Waals surface area contributed by atoms with Crippen molar-refractivity contribution in [2.45, 2.75) is 6.92 Å². The second-order valence-electron chi connectivity index (χ2n) is 2.49. The maximum absolute atomic E-state index is 10.5. The fourth-order valence-electron chi connectivity index (χ4n) is 1.02. The Bertz CT molecular complexity index is 300. The molecule has 0 radical (unpaired) electrons. The maximum Gasteiger partial charge on any atom is 0.150 e. The number of anilines is 1. The third-order valence-corrected chi connectivity index (χ3v) is 1.54. The van der Waals surface area contributed by atoms with Crippen molar-refractivity contribution in [3.8, 4) is 5.75 Å². The largest absolute Gasteiger partial charge is 0.494 e. The highest BCUT2D eigenvalue weighted by Gasteiger charge is 1.99. The SMILES string of the molecule is CCOc1cc(C=O)cc(NN)c1. The van der Waals surface area contributed by atoms with Gasteiger partial charge in [0, 0.05) is 11.6 Å². The number of nitrogens with one attached hydrogen (secondary N) is 1. The molecule has 13 heavy (non-hydrogen) atoms. The fraction of sp³-hybridized carbons (Fsp3) is 0.222. The normalized spacial score (nSPS) is 9.38. The number of nitrogen functional groups attached to an aromatic ring is 1. The Morgan fingerprint density at radius 2 is 2.31 bits per heavy atom. The summed E-state index contributed by atoms with van der Waals surface area (Å²) in [6, 6.07) is 5.04. The van der Waals surface area contributed by atoms with Crippen LogP contribution in [0.25, 0.3) is 0 Å². The van der Waals surface area contributed by atoms with Crippen molar-refractivity contribution in [3.63, 3.8) is 0 Å². The Labute approximate surface area is 76.7 Å². The van der Waals surface area contributed by atoms with Crippen LogP contribution in [0.2, 0.25) is 0 Å². The highest BCUT2D eigenvalue weighted by Crippen LogP contribution is 2.19. The smallest absolute Gasteiger partial charge is 0.150 e. The summed E-state index contributed by atoms with van der Waals surface area (Å²) in [6.07, 6.45) is 0.753. The van der Waals surface area contributed by atoms with Crippen LogP contribution in [0.4, 0.5) is 5.69 Å². The molecule has 1 aromatic carbocycles. The van der Waals surface area contributed by atoms with Crippen LogP contribution < -0.4 is 16.0 Å². The van der Waals surface area contributed by atoms with Gasteiger partial charge in [-0.15, -0.1) is 0 Å². The predicted molar refractivity (Wildman–Crippen MR) is 50.8 cm³/mol. The molecule has 70 valence electrons. The summed E-state index contributed by atoms with van der Waals surface area (Å²) in [5.41, 5.74) is 3.66. The van der Waals surface area contributed by atoms with Crippen LogP contribution in [-0.2, 0) is 0 Å². The molecule has 0 heterocycles. The maximum atomic E-state index is 10.5. The first-order valence-corrected chi connectivity index (χ1v) is 4.00. The fourth-order valence-corrected chi connectivity index (χ4v) is 1.02. The van der Waals surface area contributed by atoms with Crippen molar-refractivity contribution < 1.29 is 9.53 Å². The summed E-state index contributed by atoms with van der Waals surface area (Å²) in [5.74, 6) is 5.86. The van der Waals surface area contributed by atoms with Gasteiger partial charge in [0.15, 0.2) is 0 Å². The van der Waals surface area contributed by atoms with Crippen molar-refractivity contribution in [2.24, 2.45) is 5.84 Å². The minimum absolute atomic E-state index is 0.541. The molecule has 0 aliphatic rings. The number of hydrogen-bond acceptors (Lipinski definition) is 4. The molecule has 0 aliphatic carbocycles. The third-order valence-electron chi connectivity index (χ3n) is 1.54. The lowest BCUT2D eigenvalue weighted by atomic mass is 10.2. The number of nitrogens with two attached hydrogens (primary N) is 1. The molecule has 0 aromatic heterocycles. The molecule has 0 amide bonds. The summed E-state index contributed by atoms with van der Waals surface area (Å²) in [7, 11) is 0. The second kappa shape index (κ2) is 4.47. The van der Waals surface area contributed by atoms with E-state index in [9.17, 15) is 4.79 Å². The quantitative estimate of drug-likeness (QED) is 0.415. The van der Waals surface area contributed by atoms with Gasteiger partial charge in [0.25, 0.3) is 0 Å². The Hall–Kier alpha value is -1.55. The number of hydrogen-bond donors (Lipinski definition) is 2. The summed E-state index contributed by atoms with van der Waals surface area (Å²) < 4.78 is 5.24. The van der Waals surface area contributed by atoms with Gasteiger partial charge >= 0.3 is 0 Å². The van der Waals surface area contributed by atoms with Crippen molar-refractivity contribution >= 4 is 12.0 Å². The number of carbonyl (C=O) groups excluding carboxylic acids is 1. The average Bonchev–Trinajstić information content (AvgIpc) is 2.17. The van der Waals surface area contributed by atoms with E-state index in [1.807, 2.05) is 6.92 Å². The van der Waals surface area contributed by atoms with E-state index in [-0.39, 0.29) is 0 Å². The van der Waals surface area contributed by atoms with Crippen LogP contribution in [0, 0.1) is 0 Å². The lowest BCUT2D eigenvalue weighted by Gasteiger charge is -2.06. The van der Waals surface area contributed by atoms with Crippen LogP contribution in [0.3, 0.4) is 0 Å². The van der Waals surface area contributed by atoms with Crippen molar-refractivity contribution in [3.05, 3.63) is 23.8 Å². The molecule has 0 atom stereocenters. The lowest BCUT2D eigenvalue weighted by Crippen LogP contribution is -2.07. The Morgan fingerprint density at radius 3 is 2.85 bits per heavy atom. The van der Waals surface area contributed by atoms with E-state index in [1.54, 1.807) is 18.2 Å². The zero-order valence-corrected chi connectivity index (χ0v) is 7.41. The molecule has 0 saturated heterocycles. The van der Waals surface area contributed by atoms with E-state index in [2.05, 4.69) is 5.43 Å². The van der Waals surface area contributed by atoms with E-state index in [0.29, 0.717) is 23.6 Å². The van der Waals surface area contributed by atoms with Gasteiger partial charge < -0.3 is 10.2 Å². The predicted octanol–water partition coefficient (Wildman–Crippen LogP) is 1.18. The van der Waals surface area contributed by atoms with E-state index in [0.717, 1.165) is 6.29 Å². The molecule has 0 bridgehead atoms. The van der Waals surface area contributed by atoms with Crippen LogP contribution in [0.5, 0.6) is 5.75 Å². The summed E-state index contributed by atoms with van der Waals surface area (Å²) in [5, 5.41) is 0. The Morgan fingerprint density at radius 1 is 1.54 bits per heavy atom. The van der Waals surface area contributed by atoms with Gasteiger partial charge in [-0.25, -0.2) is 0 Å². The van der Waals surface area contributed by atoms with Crippen LogP contribution in [0.1, 0.15) is 17.3 Å². The third kappa shape index (κ3) is 2.45. The number of ether oxygens (including phenoxy) is 1. The van der Waals surface area contributed by atoms with Gasteiger partial charge in [0.2, 0.25) is 0 Å². The molecule has 1 aromatic rings. The zero-order chi connectivity index (χ0) is 9.68. The highest BCUT2D eigenvalue weighted by atomic mass is 16.5. The molecule has 0 aliphatic heterocycles. The summed E-state index contributed by atoms with van der Waals surface area (Å²) in [6.45, 7) is 2.44. The summed E-state index contributed by atoms with van der Waals surface area (Å²) in [4.78, 5) is 10.5. The highest BCUT2D eigenvalue weighted by molar-refractivity contribution is 5.78. The topological polar surface area (TPSA) is 64.3 Å². The number of aldehydes is 1. The number of carbonyl (C=O) groups is 1. The van der Waals surface area contributed by atoms with Gasteiger partial charge in [0.05, 0.1) is 12.3 Å². The molecular weight excluding hydrogens is 168 g/mol. The van der Waals surface area contributed by atoms with E-state index in [4.69, 9.17) is 10.6 Å². The van der Waals surface area contributed by atoms with Crippen LogP contribution >= 0.6 is 0 Å². The lowest BCUT2D eigenvalue weighted by molar-refractivity contribution is 0.112. The molecule has 3 N–H and O–H groups in total. The standard InChI is InChI=1S/C9H12N2O2/c1-2-13-9-4-7(6-12)3-8(5-9)11-10/h3-6,11H,2,10H2,1H3. The molecule has 1 rings (SSSR count). The molecule has 0 saturated carbocycles. The van der Waals surface area contributed by atoms with Gasteiger partial charge in [-0.1, -0.05) is 0 Å². The van der Waals surface area contributed by atoms with E-state index >= 15 is 0 Å². The van der Waals surface area contributed by atoms with E-state index < -0.39 is 0 Å². The second-order valence-corrected chi connectivity index (χ2v) is 2.49. The zero-order valence-electron chi connectivity index (χ0n) is 7.41. The van der Waals surface area contributed by atoms with Crippen LogP contribution in [0.15, 0.2) is 18.2 Å². The molecular formula is C9H12N2O2. The van der Waals surface area contributed by atoms with Crippen molar-refractivity contribution in [2.75, 3.05) is 12.0 Å². The van der Waals surface area contributed by atoms with E-state index in [1.165, 1.54) is 0 Å². The number of hydrazine groups is 1. The van der Waals surface area contributed by atoms with Crippen molar-refractivity contribution in [1.82, 2.24) is 0 Å². The number of benzene rings is 1. The molecule has 4 heteroatoms. The average molecular weight is 180 g/mol. The minimum Gasteiger partial charge on any atom is -0.494 e. The first kappa shape index (κ1) is 9.54. The Kier molecular flexibility index (Phi) is 3.28. The van der Waals surface area contributed by atoms with Crippen molar-refractivity contribution in [1.29, 1.82) is 0 Å². The minimum atomic E-state index is 0.541. The monoisotopic (exact) mass is 180 g/mol. The number of rotatable bonds is 4. The Balaban J connectivity index is 2.99. The summed E-state index contributed by atoms with van der Waals surface area (Å²) >= 11 is 0. The molecule has 0 unspecified atom stereocenters. The van der Waals surface area contributed by atoms with Gasteiger partial charge in [0.1, 0.15) is 12.0 Å². The first-order valence-electron chi connectivity index (χ1n) is 4.00. The molecule has 0 fully saturated rings. The molecule has 0 spiro atoms. The van der Waals surface area contributed by atoms with Gasteiger partial charge in [-0.2, -0.15) is 0 Å². The molecule has 4 nitrogen and oxygen atoms in total. The van der Waals surface area contributed by atoms with Crippen LogP contribution in [-0.4, -0.2) is 12.9 Å². The van der Waals surface area contributed by atoms with Gasteiger partial charge in [-0.3, -0.25) is 10.6 Å². The first-order chi connectivity index (χ1) is 6.30.